The van der Waals surface area contributed by atoms with Crippen LogP contribution in [0.25, 0.3) is 0 Å². The fraction of sp³-hybridized carbons (Fsp3) is 0.467. The van der Waals surface area contributed by atoms with Gasteiger partial charge in [-0.1, -0.05) is 22.9 Å². The minimum Gasteiger partial charge on any atom is -0.481 e. The number of aromatic nitrogens is 2. The highest BCUT2D eigenvalue weighted by Gasteiger charge is 2.39. The summed E-state index contributed by atoms with van der Waals surface area (Å²) >= 11 is 0. The number of rotatable bonds is 4. The van der Waals surface area contributed by atoms with Gasteiger partial charge in [-0.2, -0.15) is 4.98 Å². The molecule has 1 heterocycles. The monoisotopic (exact) mass is 273 g/mol. The first kappa shape index (κ1) is 13.1. The van der Waals surface area contributed by atoms with Gasteiger partial charge in [0.15, 0.2) is 11.9 Å². The van der Waals surface area contributed by atoms with Crippen LogP contribution in [0.3, 0.4) is 0 Å². The van der Waals surface area contributed by atoms with Crippen LogP contribution in [0.5, 0.6) is 5.75 Å². The van der Waals surface area contributed by atoms with Gasteiger partial charge in [-0.25, -0.2) is 0 Å². The highest BCUT2D eigenvalue weighted by Crippen LogP contribution is 2.37. The van der Waals surface area contributed by atoms with Gasteiger partial charge >= 0.3 is 0 Å². The van der Waals surface area contributed by atoms with Crippen LogP contribution < -0.4 is 10.5 Å². The Kier molecular flexibility index (Phi) is 3.22. The van der Waals surface area contributed by atoms with Gasteiger partial charge < -0.3 is 15.0 Å². The van der Waals surface area contributed by atoms with E-state index < -0.39 is 5.54 Å². The van der Waals surface area contributed by atoms with Crippen LogP contribution >= 0.6 is 0 Å². The summed E-state index contributed by atoms with van der Waals surface area (Å²) in [4.78, 5) is 4.39. The predicted molar refractivity (Wildman–Crippen MR) is 74.2 cm³/mol. The molecule has 5 nitrogen and oxygen atoms in total. The van der Waals surface area contributed by atoms with E-state index in [0.717, 1.165) is 25.0 Å². The molecule has 0 aliphatic heterocycles. The van der Waals surface area contributed by atoms with Crippen LogP contribution in [0.2, 0.25) is 0 Å². The van der Waals surface area contributed by atoms with Gasteiger partial charge in [0.2, 0.25) is 0 Å². The predicted octanol–water partition coefficient (Wildman–Crippen LogP) is 2.86. The number of hydrogen-bond donors (Lipinski definition) is 1. The Bertz CT molecular complexity index is 587. The first-order valence-corrected chi connectivity index (χ1v) is 6.93. The molecular formula is C15H19N3O2. The van der Waals surface area contributed by atoms with Crippen molar-refractivity contribution in [2.45, 2.75) is 44.8 Å². The maximum absolute atomic E-state index is 6.18. The Balaban J connectivity index is 1.71. The summed E-state index contributed by atoms with van der Waals surface area (Å²) in [6.45, 7) is 3.93. The van der Waals surface area contributed by atoms with Crippen LogP contribution in [0, 0.1) is 6.92 Å². The van der Waals surface area contributed by atoms with Crippen molar-refractivity contribution >= 4 is 0 Å². The molecule has 1 aliphatic rings. The minimum absolute atomic E-state index is 0.289. The molecule has 1 aromatic heterocycles. The zero-order valence-electron chi connectivity index (χ0n) is 11.8. The summed E-state index contributed by atoms with van der Waals surface area (Å²) in [5.41, 5.74) is 6.98. The number of nitrogens with zero attached hydrogens (tertiary/aromatic N) is 2. The lowest BCUT2D eigenvalue weighted by Gasteiger charge is -2.34. The molecule has 3 rings (SSSR count). The van der Waals surface area contributed by atoms with Crippen molar-refractivity contribution in [1.82, 2.24) is 10.1 Å². The summed E-state index contributed by atoms with van der Waals surface area (Å²) in [5.74, 6) is 1.85. The van der Waals surface area contributed by atoms with E-state index >= 15 is 0 Å². The van der Waals surface area contributed by atoms with Crippen molar-refractivity contribution in [2.24, 2.45) is 5.73 Å². The third kappa shape index (κ3) is 2.41. The zero-order valence-corrected chi connectivity index (χ0v) is 11.8. The highest BCUT2D eigenvalue weighted by atomic mass is 16.5. The molecule has 0 bridgehead atoms. The van der Waals surface area contributed by atoms with Gasteiger partial charge in [0.25, 0.3) is 5.89 Å². The number of ether oxygens (including phenoxy) is 1. The lowest BCUT2D eigenvalue weighted by molar-refractivity contribution is 0.174. The number of hydrogen-bond acceptors (Lipinski definition) is 5. The smallest absolute Gasteiger partial charge is 0.267 e. The Morgan fingerprint density at radius 1 is 1.30 bits per heavy atom. The Morgan fingerprint density at radius 2 is 2.00 bits per heavy atom. The second-order valence-electron chi connectivity index (χ2n) is 5.54. The summed E-state index contributed by atoms with van der Waals surface area (Å²) in [5, 5.41) is 4.00. The third-order valence-corrected chi connectivity index (χ3v) is 3.81. The average molecular weight is 273 g/mol. The maximum atomic E-state index is 6.18. The number of benzene rings is 1. The molecule has 5 heteroatoms. The van der Waals surface area contributed by atoms with Gasteiger partial charge in [-0.15, -0.1) is 0 Å². The fourth-order valence-corrected chi connectivity index (χ4v) is 2.26. The van der Waals surface area contributed by atoms with E-state index in [9.17, 15) is 0 Å². The minimum atomic E-state index is -0.397. The Morgan fingerprint density at radius 3 is 2.60 bits per heavy atom. The van der Waals surface area contributed by atoms with Crippen LogP contribution in [0.15, 0.2) is 28.8 Å². The topological polar surface area (TPSA) is 74.2 Å². The van der Waals surface area contributed by atoms with Gasteiger partial charge in [-0.05, 0) is 45.2 Å². The summed E-state index contributed by atoms with van der Waals surface area (Å²) in [6, 6.07) is 7.87. The Hall–Kier alpha value is -1.88. The molecule has 1 fully saturated rings. The lowest BCUT2D eigenvalue weighted by atomic mass is 9.77. The van der Waals surface area contributed by atoms with Gasteiger partial charge in [0.1, 0.15) is 5.75 Å². The first-order valence-electron chi connectivity index (χ1n) is 6.93. The quantitative estimate of drug-likeness (QED) is 0.927. The molecule has 1 saturated carbocycles. The van der Waals surface area contributed by atoms with Crippen molar-refractivity contribution in [3.63, 3.8) is 0 Å². The standard InChI is InChI=1S/C15H19N3O2/c1-10-4-6-12(7-5-10)19-11(2)13-17-14(18-20-13)15(16)8-3-9-15/h4-7,11H,3,8-9,16H2,1-2H3. The summed E-state index contributed by atoms with van der Waals surface area (Å²) in [6.07, 6.45) is 2.66. The third-order valence-electron chi connectivity index (χ3n) is 3.81. The average Bonchev–Trinajstić information content (AvgIpc) is 2.89. The first-order chi connectivity index (χ1) is 9.57. The van der Waals surface area contributed by atoms with E-state index in [4.69, 9.17) is 15.0 Å². The largest absolute Gasteiger partial charge is 0.481 e. The lowest BCUT2D eigenvalue weighted by Crippen LogP contribution is -2.44. The molecule has 1 aliphatic carbocycles. The molecule has 0 radical (unpaired) electrons. The van der Waals surface area contributed by atoms with Crippen molar-refractivity contribution < 1.29 is 9.26 Å². The van der Waals surface area contributed by atoms with E-state index in [2.05, 4.69) is 10.1 Å². The van der Waals surface area contributed by atoms with Gasteiger partial charge in [-0.3, -0.25) is 0 Å². The van der Waals surface area contributed by atoms with E-state index in [1.807, 2.05) is 38.1 Å². The van der Waals surface area contributed by atoms with E-state index in [-0.39, 0.29) is 6.10 Å². The highest BCUT2D eigenvalue weighted by molar-refractivity contribution is 5.26. The molecule has 2 N–H and O–H groups in total. The van der Waals surface area contributed by atoms with Crippen molar-refractivity contribution in [2.75, 3.05) is 0 Å². The molecule has 2 aromatic rings. The van der Waals surface area contributed by atoms with E-state index in [1.54, 1.807) is 0 Å². The normalized spacial score (nSPS) is 18.4. The number of nitrogens with two attached hydrogens (primary N) is 1. The molecule has 0 amide bonds. The van der Waals surface area contributed by atoms with Gasteiger partial charge in [0, 0.05) is 0 Å². The molecule has 20 heavy (non-hydrogen) atoms. The molecule has 106 valence electrons. The second kappa shape index (κ2) is 4.90. The van der Waals surface area contributed by atoms with Crippen molar-refractivity contribution in [3.05, 3.63) is 41.5 Å². The SMILES string of the molecule is Cc1ccc(OC(C)c2nc(C3(N)CCC3)no2)cc1. The van der Waals surface area contributed by atoms with E-state index in [0.29, 0.717) is 11.7 Å². The Labute approximate surface area is 118 Å². The molecule has 1 unspecified atom stereocenters. The van der Waals surface area contributed by atoms with Crippen LogP contribution in [0.1, 0.15) is 49.6 Å². The maximum Gasteiger partial charge on any atom is 0.267 e. The molecule has 1 aromatic carbocycles. The van der Waals surface area contributed by atoms with Crippen LogP contribution in [0.4, 0.5) is 0 Å². The van der Waals surface area contributed by atoms with Crippen molar-refractivity contribution in [1.29, 1.82) is 0 Å². The van der Waals surface area contributed by atoms with Crippen LogP contribution in [-0.2, 0) is 5.54 Å². The molecular weight excluding hydrogens is 254 g/mol. The van der Waals surface area contributed by atoms with E-state index in [1.165, 1.54) is 5.56 Å². The molecule has 1 atom stereocenters. The van der Waals surface area contributed by atoms with Crippen LogP contribution in [-0.4, -0.2) is 10.1 Å². The summed E-state index contributed by atoms with van der Waals surface area (Å²) in [7, 11) is 0. The molecule has 0 spiro atoms. The van der Waals surface area contributed by atoms with Crippen molar-refractivity contribution in [3.8, 4) is 5.75 Å². The van der Waals surface area contributed by atoms with Gasteiger partial charge in [0.05, 0.1) is 5.54 Å². The number of aryl methyl sites for hydroxylation is 1. The fourth-order valence-electron chi connectivity index (χ4n) is 2.26. The summed E-state index contributed by atoms with van der Waals surface area (Å²) < 4.78 is 11.1. The second-order valence-corrected chi connectivity index (χ2v) is 5.54. The molecule has 0 saturated heterocycles. The zero-order chi connectivity index (χ0) is 14.2.